The van der Waals surface area contributed by atoms with E-state index in [2.05, 4.69) is 50.7 Å². The number of aromatic nitrogens is 2. The molecule has 0 spiro atoms. The minimum absolute atomic E-state index is 0.114. The summed E-state index contributed by atoms with van der Waals surface area (Å²) < 4.78 is 0. The monoisotopic (exact) mass is 221 g/mol. The Balaban J connectivity index is 2.78. The lowest BCUT2D eigenvalue weighted by Gasteiger charge is -2.26. The molecule has 0 bridgehead atoms. The molecule has 0 fully saturated rings. The van der Waals surface area contributed by atoms with Crippen molar-refractivity contribution in [2.75, 3.05) is 0 Å². The topological polar surface area (TPSA) is 51.8 Å². The summed E-state index contributed by atoms with van der Waals surface area (Å²) in [5.41, 5.74) is 8.39. The van der Waals surface area contributed by atoms with Gasteiger partial charge in [0.15, 0.2) is 0 Å². The highest BCUT2D eigenvalue weighted by atomic mass is 14.8. The van der Waals surface area contributed by atoms with E-state index in [1.807, 2.05) is 0 Å². The van der Waals surface area contributed by atoms with Crippen molar-refractivity contribution in [1.29, 1.82) is 0 Å². The van der Waals surface area contributed by atoms with Crippen molar-refractivity contribution in [3.05, 3.63) is 23.8 Å². The van der Waals surface area contributed by atoms with Gasteiger partial charge in [-0.2, -0.15) is 0 Å². The molecule has 0 radical (unpaired) electrons. The summed E-state index contributed by atoms with van der Waals surface area (Å²) in [4.78, 5) is 8.54. The molecular formula is C13H23N3. The fraction of sp³-hybridized carbons (Fsp3) is 0.692. The molecule has 1 unspecified atom stereocenters. The van der Waals surface area contributed by atoms with Gasteiger partial charge in [0.1, 0.15) is 6.33 Å². The Hall–Kier alpha value is -0.960. The van der Waals surface area contributed by atoms with Gasteiger partial charge in [0, 0.05) is 23.9 Å². The minimum atomic E-state index is 0.114. The number of nitrogens with zero attached hydrogens (tertiary/aromatic N) is 2. The number of hydrogen-bond acceptors (Lipinski definition) is 3. The lowest BCUT2D eigenvalue weighted by Crippen LogP contribution is -2.37. The summed E-state index contributed by atoms with van der Waals surface area (Å²) in [7, 11) is 0. The van der Waals surface area contributed by atoms with Gasteiger partial charge in [-0.25, -0.2) is 9.97 Å². The van der Waals surface area contributed by atoms with Gasteiger partial charge < -0.3 is 5.73 Å². The summed E-state index contributed by atoms with van der Waals surface area (Å²) in [5.74, 6) is 0.438. The number of rotatable bonds is 3. The first-order chi connectivity index (χ1) is 7.30. The van der Waals surface area contributed by atoms with Crippen LogP contribution in [0.5, 0.6) is 0 Å². The van der Waals surface area contributed by atoms with Crippen molar-refractivity contribution in [2.24, 2.45) is 11.1 Å². The molecule has 1 aromatic heterocycles. The molecule has 1 rings (SSSR count). The van der Waals surface area contributed by atoms with Gasteiger partial charge in [-0.05, 0) is 17.4 Å². The maximum Gasteiger partial charge on any atom is 0.115 e. The molecule has 0 saturated heterocycles. The molecule has 1 atom stereocenters. The van der Waals surface area contributed by atoms with Gasteiger partial charge in [0.25, 0.3) is 0 Å². The van der Waals surface area contributed by atoms with Crippen LogP contribution in [-0.4, -0.2) is 16.0 Å². The van der Waals surface area contributed by atoms with E-state index in [-0.39, 0.29) is 11.5 Å². The second-order valence-corrected chi connectivity index (χ2v) is 5.77. The summed E-state index contributed by atoms with van der Waals surface area (Å²) in [6.07, 6.45) is 2.45. The predicted octanol–water partition coefficient (Wildman–Crippen LogP) is 2.52. The lowest BCUT2D eigenvalue weighted by molar-refractivity contribution is 0.316. The van der Waals surface area contributed by atoms with Crippen LogP contribution in [0.3, 0.4) is 0 Å². The first-order valence-corrected chi connectivity index (χ1v) is 5.87. The fourth-order valence-electron chi connectivity index (χ4n) is 1.37. The van der Waals surface area contributed by atoms with Gasteiger partial charge in [-0.3, -0.25) is 0 Å². The molecule has 2 N–H and O–H groups in total. The molecule has 0 aliphatic heterocycles. The molecule has 90 valence electrons. The highest BCUT2D eigenvalue weighted by Gasteiger charge is 2.21. The largest absolute Gasteiger partial charge is 0.327 e. The van der Waals surface area contributed by atoms with E-state index in [9.17, 15) is 0 Å². The smallest absolute Gasteiger partial charge is 0.115 e. The van der Waals surface area contributed by atoms with Gasteiger partial charge in [0.05, 0.1) is 0 Å². The zero-order chi connectivity index (χ0) is 12.3. The predicted molar refractivity (Wildman–Crippen MR) is 67.3 cm³/mol. The van der Waals surface area contributed by atoms with E-state index < -0.39 is 0 Å². The molecule has 3 heteroatoms. The van der Waals surface area contributed by atoms with Crippen LogP contribution in [0.2, 0.25) is 0 Å². The molecule has 0 saturated carbocycles. The maximum atomic E-state index is 6.15. The molecule has 3 nitrogen and oxygen atoms in total. The van der Waals surface area contributed by atoms with E-state index in [1.165, 1.54) is 0 Å². The van der Waals surface area contributed by atoms with Crippen molar-refractivity contribution in [2.45, 2.75) is 53.0 Å². The third kappa shape index (κ3) is 3.56. The quantitative estimate of drug-likeness (QED) is 0.853. The third-order valence-electron chi connectivity index (χ3n) is 2.88. The van der Waals surface area contributed by atoms with Crippen LogP contribution < -0.4 is 5.73 Å². The second kappa shape index (κ2) is 4.91. The Labute approximate surface area is 98.5 Å². The van der Waals surface area contributed by atoms with Crippen molar-refractivity contribution in [1.82, 2.24) is 9.97 Å². The molecule has 0 amide bonds. The Morgan fingerprint density at radius 3 is 2.38 bits per heavy atom. The first-order valence-electron chi connectivity index (χ1n) is 5.87. The summed E-state index contributed by atoms with van der Waals surface area (Å²) >= 11 is 0. The highest BCUT2D eigenvalue weighted by Crippen LogP contribution is 2.20. The molecule has 0 aromatic carbocycles. The Morgan fingerprint density at radius 2 is 1.88 bits per heavy atom. The van der Waals surface area contributed by atoms with Gasteiger partial charge in [-0.1, -0.05) is 34.6 Å². The Morgan fingerprint density at radius 1 is 1.25 bits per heavy atom. The molecule has 0 aliphatic rings. The standard InChI is InChI=1S/C13H23N3/c1-9(2)11-6-10(15-8-16-11)7-12(14)13(3,4)5/h6,8-9,12H,7,14H2,1-5H3. The summed E-state index contributed by atoms with van der Waals surface area (Å²) in [6.45, 7) is 10.7. The Kier molecular flexibility index (Phi) is 4.03. The van der Waals surface area contributed by atoms with Crippen molar-refractivity contribution >= 4 is 0 Å². The fourth-order valence-corrected chi connectivity index (χ4v) is 1.37. The summed E-state index contributed by atoms with van der Waals surface area (Å²) in [6, 6.07) is 2.19. The van der Waals surface area contributed by atoms with Crippen LogP contribution in [0, 0.1) is 5.41 Å². The minimum Gasteiger partial charge on any atom is -0.327 e. The zero-order valence-electron chi connectivity index (χ0n) is 11.0. The van der Waals surface area contributed by atoms with Gasteiger partial charge >= 0.3 is 0 Å². The number of nitrogens with two attached hydrogens (primary N) is 1. The van der Waals surface area contributed by atoms with E-state index in [0.717, 1.165) is 17.8 Å². The second-order valence-electron chi connectivity index (χ2n) is 5.77. The molecule has 16 heavy (non-hydrogen) atoms. The van der Waals surface area contributed by atoms with Crippen LogP contribution in [0.15, 0.2) is 12.4 Å². The number of hydrogen-bond donors (Lipinski definition) is 1. The third-order valence-corrected chi connectivity index (χ3v) is 2.88. The average Bonchev–Trinajstić information content (AvgIpc) is 2.16. The Bertz CT molecular complexity index is 339. The molecular weight excluding hydrogens is 198 g/mol. The normalized spacial score (nSPS) is 14.2. The van der Waals surface area contributed by atoms with E-state index in [0.29, 0.717) is 5.92 Å². The van der Waals surface area contributed by atoms with Gasteiger partial charge in [0.2, 0.25) is 0 Å². The van der Waals surface area contributed by atoms with E-state index in [1.54, 1.807) is 6.33 Å². The van der Waals surface area contributed by atoms with Crippen molar-refractivity contribution in [3.8, 4) is 0 Å². The molecule has 0 aliphatic carbocycles. The van der Waals surface area contributed by atoms with Crippen LogP contribution in [0.4, 0.5) is 0 Å². The van der Waals surface area contributed by atoms with E-state index in [4.69, 9.17) is 5.73 Å². The average molecular weight is 221 g/mol. The molecule has 1 heterocycles. The van der Waals surface area contributed by atoms with Crippen LogP contribution in [-0.2, 0) is 6.42 Å². The van der Waals surface area contributed by atoms with Gasteiger partial charge in [-0.15, -0.1) is 0 Å². The lowest BCUT2D eigenvalue weighted by atomic mass is 9.84. The molecule has 1 aromatic rings. The summed E-state index contributed by atoms with van der Waals surface area (Å²) in [5, 5.41) is 0. The highest BCUT2D eigenvalue weighted by molar-refractivity contribution is 5.12. The van der Waals surface area contributed by atoms with Crippen LogP contribution in [0.25, 0.3) is 0 Å². The zero-order valence-corrected chi connectivity index (χ0v) is 11.0. The van der Waals surface area contributed by atoms with Crippen molar-refractivity contribution in [3.63, 3.8) is 0 Å². The van der Waals surface area contributed by atoms with Crippen LogP contribution in [0.1, 0.15) is 51.9 Å². The maximum absolute atomic E-state index is 6.15. The van der Waals surface area contributed by atoms with E-state index >= 15 is 0 Å². The van der Waals surface area contributed by atoms with Crippen LogP contribution >= 0.6 is 0 Å². The SMILES string of the molecule is CC(C)c1cc(CC(N)C(C)(C)C)ncn1. The first kappa shape index (κ1) is 13.1. The van der Waals surface area contributed by atoms with Crippen molar-refractivity contribution < 1.29 is 0 Å².